The number of anilines is 1. The molecule has 2 amide bonds. The Hall–Kier alpha value is -3.07. The highest BCUT2D eigenvalue weighted by atomic mass is 32.2. The maximum atomic E-state index is 13.7. The minimum absolute atomic E-state index is 0.105. The van der Waals surface area contributed by atoms with E-state index in [0.717, 1.165) is 41.8 Å². The Balaban J connectivity index is 1.88. The number of amides is 2. The van der Waals surface area contributed by atoms with Crippen molar-refractivity contribution < 1.29 is 22.7 Å². The zero-order chi connectivity index (χ0) is 26.1. The van der Waals surface area contributed by atoms with Gasteiger partial charge in [-0.2, -0.15) is 0 Å². The Morgan fingerprint density at radius 1 is 1.03 bits per heavy atom. The molecule has 0 heterocycles. The van der Waals surface area contributed by atoms with Crippen LogP contribution in [0.15, 0.2) is 54.6 Å². The molecule has 9 heteroatoms. The quantitative estimate of drug-likeness (QED) is 0.492. The lowest BCUT2D eigenvalue weighted by Gasteiger charge is -2.33. The number of carbonyl (C=O) groups is 2. The molecule has 2 aromatic rings. The second-order valence-corrected chi connectivity index (χ2v) is 11.1. The molecule has 1 fully saturated rings. The highest BCUT2D eigenvalue weighted by Gasteiger charge is 2.32. The van der Waals surface area contributed by atoms with Crippen LogP contribution in [0.4, 0.5) is 5.69 Å². The summed E-state index contributed by atoms with van der Waals surface area (Å²) in [5.41, 5.74) is 1.14. The first-order chi connectivity index (χ1) is 17.2. The largest absolute Gasteiger partial charge is 0.492 e. The summed E-state index contributed by atoms with van der Waals surface area (Å²) in [6, 6.07) is 15.4. The van der Waals surface area contributed by atoms with Gasteiger partial charge in [0.2, 0.25) is 21.8 Å². The average Bonchev–Trinajstić information content (AvgIpc) is 2.86. The summed E-state index contributed by atoms with van der Waals surface area (Å²) in [6.07, 6.45) is 6.25. The standard InChI is InChI=1S/C27H37N3O5S/c1-4-35-25-18-12-11-17-24(25)30(36(3,33)34)20-26(31)29(19-22-13-7-5-8-14-22)21(2)27(32)28-23-15-9-6-10-16-23/h5,7-8,11-14,17-18,21,23H,4,6,9-10,15-16,19-20H2,1-3H3,(H,28,32)/t21-/m1/s1. The molecule has 3 rings (SSSR count). The fraction of sp³-hybridized carbons (Fsp3) is 0.481. The van der Waals surface area contributed by atoms with Crippen LogP contribution in [0.25, 0.3) is 0 Å². The highest BCUT2D eigenvalue weighted by molar-refractivity contribution is 7.92. The van der Waals surface area contributed by atoms with Crippen molar-refractivity contribution in [3.8, 4) is 5.75 Å². The molecule has 0 aromatic heterocycles. The number of nitrogens with one attached hydrogen (secondary N) is 1. The molecule has 1 N–H and O–H groups in total. The summed E-state index contributed by atoms with van der Waals surface area (Å²) >= 11 is 0. The number of para-hydroxylation sites is 2. The van der Waals surface area contributed by atoms with Gasteiger partial charge >= 0.3 is 0 Å². The third kappa shape index (κ3) is 7.46. The van der Waals surface area contributed by atoms with Gasteiger partial charge in [-0.15, -0.1) is 0 Å². The van der Waals surface area contributed by atoms with Crippen LogP contribution in [0.3, 0.4) is 0 Å². The number of benzene rings is 2. The molecule has 0 aliphatic heterocycles. The molecule has 2 aromatic carbocycles. The molecule has 8 nitrogen and oxygen atoms in total. The van der Waals surface area contributed by atoms with Crippen molar-refractivity contribution in [2.24, 2.45) is 0 Å². The minimum atomic E-state index is -3.82. The molecule has 1 atom stereocenters. The van der Waals surface area contributed by atoms with Crippen LogP contribution in [0.2, 0.25) is 0 Å². The number of carbonyl (C=O) groups excluding carboxylic acids is 2. The molecule has 0 radical (unpaired) electrons. The van der Waals surface area contributed by atoms with Gasteiger partial charge in [0.15, 0.2) is 0 Å². The Morgan fingerprint density at radius 2 is 1.67 bits per heavy atom. The van der Waals surface area contributed by atoms with Gasteiger partial charge in [0.1, 0.15) is 18.3 Å². The fourth-order valence-electron chi connectivity index (χ4n) is 4.47. The Morgan fingerprint density at radius 3 is 2.31 bits per heavy atom. The maximum absolute atomic E-state index is 13.7. The van der Waals surface area contributed by atoms with Gasteiger partial charge in [-0.3, -0.25) is 13.9 Å². The van der Waals surface area contributed by atoms with Crippen LogP contribution in [0.1, 0.15) is 51.5 Å². The third-order valence-electron chi connectivity index (χ3n) is 6.43. The summed E-state index contributed by atoms with van der Waals surface area (Å²) in [4.78, 5) is 28.3. The first kappa shape index (κ1) is 27.5. The number of hydrogen-bond acceptors (Lipinski definition) is 5. The van der Waals surface area contributed by atoms with E-state index >= 15 is 0 Å². The van der Waals surface area contributed by atoms with E-state index < -0.39 is 28.5 Å². The van der Waals surface area contributed by atoms with Crippen LogP contribution < -0.4 is 14.4 Å². The summed E-state index contributed by atoms with van der Waals surface area (Å²) in [5.74, 6) is -0.329. The first-order valence-electron chi connectivity index (χ1n) is 12.5. The molecular weight excluding hydrogens is 478 g/mol. The van der Waals surface area contributed by atoms with E-state index in [9.17, 15) is 18.0 Å². The molecule has 0 unspecified atom stereocenters. The number of hydrogen-bond donors (Lipinski definition) is 1. The molecule has 1 saturated carbocycles. The van der Waals surface area contributed by atoms with Gasteiger partial charge in [-0.1, -0.05) is 61.7 Å². The summed E-state index contributed by atoms with van der Waals surface area (Å²) in [7, 11) is -3.82. The lowest BCUT2D eigenvalue weighted by atomic mass is 9.95. The van der Waals surface area contributed by atoms with Gasteiger partial charge in [-0.05, 0) is 44.4 Å². The van der Waals surface area contributed by atoms with Crippen LogP contribution in [-0.2, 0) is 26.2 Å². The lowest BCUT2D eigenvalue weighted by Crippen LogP contribution is -2.53. The third-order valence-corrected chi connectivity index (χ3v) is 7.55. The van der Waals surface area contributed by atoms with Crippen molar-refractivity contribution in [3.63, 3.8) is 0 Å². The van der Waals surface area contributed by atoms with E-state index in [-0.39, 0.29) is 24.2 Å². The summed E-state index contributed by atoms with van der Waals surface area (Å²) < 4.78 is 32.3. The molecular formula is C27H37N3O5S. The number of sulfonamides is 1. The SMILES string of the molecule is CCOc1ccccc1N(CC(=O)N(Cc1ccccc1)[C@H](C)C(=O)NC1CCCCC1)S(C)(=O)=O. The van der Waals surface area contributed by atoms with Crippen LogP contribution >= 0.6 is 0 Å². The molecule has 196 valence electrons. The molecule has 1 aliphatic carbocycles. The van der Waals surface area contributed by atoms with Crippen molar-refractivity contribution in [2.75, 3.05) is 23.7 Å². The fourth-order valence-corrected chi connectivity index (χ4v) is 5.32. The minimum Gasteiger partial charge on any atom is -0.492 e. The van der Waals surface area contributed by atoms with Crippen molar-refractivity contribution in [2.45, 2.75) is 64.6 Å². The first-order valence-corrected chi connectivity index (χ1v) is 14.4. The molecule has 0 saturated heterocycles. The predicted octanol–water partition coefficient (Wildman–Crippen LogP) is 3.72. The molecule has 1 aliphatic rings. The van der Waals surface area contributed by atoms with E-state index in [1.165, 1.54) is 11.3 Å². The van der Waals surface area contributed by atoms with E-state index in [2.05, 4.69) is 5.32 Å². The van der Waals surface area contributed by atoms with Crippen LogP contribution in [0.5, 0.6) is 5.75 Å². The monoisotopic (exact) mass is 515 g/mol. The Bertz CT molecular complexity index is 1120. The van der Waals surface area contributed by atoms with Crippen molar-refractivity contribution in [1.82, 2.24) is 10.2 Å². The maximum Gasteiger partial charge on any atom is 0.244 e. The molecule has 0 spiro atoms. The number of nitrogens with zero attached hydrogens (tertiary/aromatic N) is 2. The van der Waals surface area contributed by atoms with E-state index in [4.69, 9.17) is 4.74 Å². The van der Waals surface area contributed by atoms with Gasteiger partial charge in [-0.25, -0.2) is 8.42 Å². The van der Waals surface area contributed by atoms with Crippen LogP contribution in [0, 0.1) is 0 Å². The Labute approximate surface area is 214 Å². The van der Waals surface area contributed by atoms with E-state index in [0.29, 0.717) is 12.4 Å². The van der Waals surface area contributed by atoms with Crippen LogP contribution in [-0.4, -0.2) is 56.6 Å². The van der Waals surface area contributed by atoms with Gasteiger partial charge in [0.05, 0.1) is 18.6 Å². The molecule has 36 heavy (non-hydrogen) atoms. The average molecular weight is 516 g/mol. The normalized spacial score (nSPS) is 15.1. The Kier molecular flexibility index (Phi) is 9.75. The highest BCUT2D eigenvalue weighted by Crippen LogP contribution is 2.30. The topological polar surface area (TPSA) is 96.0 Å². The van der Waals surface area contributed by atoms with Gasteiger partial charge < -0.3 is 15.0 Å². The summed E-state index contributed by atoms with van der Waals surface area (Å²) in [6.45, 7) is 3.58. The lowest BCUT2D eigenvalue weighted by molar-refractivity contribution is -0.139. The second-order valence-electron chi connectivity index (χ2n) is 9.20. The van der Waals surface area contributed by atoms with Crippen molar-refractivity contribution >= 4 is 27.5 Å². The van der Waals surface area contributed by atoms with E-state index in [1.807, 2.05) is 30.3 Å². The van der Waals surface area contributed by atoms with E-state index in [1.54, 1.807) is 38.1 Å². The smallest absolute Gasteiger partial charge is 0.244 e. The number of rotatable bonds is 11. The van der Waals surface area contributed by atoms with Crippen molar-refractivity contribution in [3.05, 3.63) is 60.2 Å². The van der Waals surface area contributed by atoms with Gasteiger partial charge in [0, 0.05) is 12.6 Å². The van der Waals surface area contributed by atoms with Crippen molar-refractivity contribution in [1.29, 1.82) is 0 Å². The molecule has 0 bridgehead atoms. The second kappa shape index (κ2) is 12.8. The number of ether oxygens (including phenoxy) is 1. The summed E-state index contributed by atoms with van der Waals surface area (Å²) in [5, 5.41) is 3.10. The zero-order valence-corrected chi connectivity index (χ0v) is 22.2. The van der Waals surface area contributed by atoms with Gasteiger partial charge in [0.25, 0.3) is 0 Å². The predicted molar refractivity (Wildman–Crippen MR) is 141 cm³/mol. The zero-order valence-electron chi connectivity index (χ0n) is 21.4.